The summed E-state index contributed by atoms with van der Waals surface area (Å²) in [5, 5.41) is 0. The normalized spacial score (nSPS) is 30.5. The van der Waals surface area contributed by atoms with Crippen LogP contribution in [-0.2, 0) is 9.47 Å². The summed E-state index contributed by atoms with van der Waals surface area (Å²) in [7, 11) is 0. The molecule has 2 aliphatic rings. The van der Waals surface area contributed by atoms with Crippen LogP contribution in [0.15, 0.2) is 0 Å². The Balaban J connectivity index is 1.97. The first-order valence-corrected chi connectivity index (χ1v) is 4.57. The Morgan fingerprint density at radius 1 is 0.818 bits per heavy atom. The van der Waals surface area contributed by atoms with E-state index < -0.39 is 0 Å². The van der Waals surface area contributed by atoms with E-state index in [1.807, 2.05) is 0 Å². The third kappa shape index (κ3) is 1.57. The molecule has 1 saturated carbocycles. The maximum absolute atomic E-state index is 5.51. The summed E-state index contributed by atoms with van der Waals surface area (Å²) in [6, 6.07) is 0. The molecular formula is C9H16O2. The highest BCUT2D eigenvalue weighted by Gasteiger charge is 2.35. The lowest BCUT2D eigenvalue weighted by atomic mass is 9.88. The predicted octanol–water partition coefficient (Wildman–Crippen LogP) is 1.59. The van der Waals surface area contributed by atoms with Gasteiger partial charge in [-0.2, -0.15) is 0 Å². The van der Waals surface area contributed by atoms with E-state index in [9.17, 15) is 0 Å². The van der Waals surface area contributed by atoms with Crippen LogP contribution in [0.5, 0.6) is 0 Å². The van der Waals surface area contributed by atoms with Crippen molar-refractivity contribution in [3.05, 3.63) is 0 Å². The molecule has 64 valence electrons. The molecule has 1 heterocycles. The zero-order valence-corrected chi connectivity index (χ0v) is 6.97. The molecular weight excluding hydrogens is 140 g/mol. The molecule has 2 fully saturated rings. The summed E-state index contributed by atoms with van der Waals surface area (Å²) in [5.74, 6) is 0. The summed E-state index contributed by atoms with van der Waals surface area (Å²) < 4.78 is 11.0. The molecule has 0 aromatic heterocycles. The number of rotatable bonds is 0. The van der Waals surface area contributed by atoms with Crippen molar-refractivity contribution in [2.75, 3.05) is 26.4 Å². The van der Waals surface area contributed by atoms with Gasteiger partial charge in [-0.25, -0.2) is 0 Å². The average Bonchev–Trinajstić information content (AvgIpc) is 2.32. The second kappa shape index (κ2) is 3.11. The zero-order valence-electron chi connectivity index (χ0n) is 6.97. The highest BCUT2D eigenvalue weighted by atomic mass is 16.5. The van der Waals surface area contributed by atoms with Gasteiger partial charge in [0.1, 0.15) is 0 Å². The highest BCUT2D eigenvalue weighted by Crippen LogP contribution is 2.39. The summed E-state index contributed by atoms with van der Waals surface area (Å²) in [5.41, 5.74) is 0.413. The third-order valence-electron chi connectivity index (χ3n) is 2.85. The van der Waals surface area contributed by atoms with E-state index in [2.05, 4.69) is 0 Å². The molecule has 1 aliphatic heterocycles. The Kier molecular flexibility index (Phi) is 2.14. The Bertz CT molecular complexity index is 118. The van der Waals surface area contributed by atoms with Gasteiger partial charge < -0.3 is 9.47 Å². The largest absolute Gasteiger partial charge is 0.378 e. The fourth-order valence-electron chi connectivity index (χ4n) is 2.15. The second-order valence-electron chi connectivity index (χ2n) is 3.81. The van der Waals surface area contributed by atoms with E-state index in [1.54, 1.807) is 0 Å². The lowest BCUT2D eigenvalue weighted by Crippen LogP contribution is -2.26. The minimum Gasteiger partial charge on any atom is -0.378 e. The van der Waals surface area contributed by atoms with Gasteiger partial charge in [0.05, 0.1) is 26.4 Å². The van der Waals surface area contributed by atoms with Crippen LogP contribution < -0.4 is 0 Å². The molecule has 1 spiro atoms. The van der Waals surface area contributed by atoms with E-state index in [0.29, 0.717) is 5.41 Å². The van der Waals surface area contributed by atoms with Gasteiger partial charge in [0.25, 0.3) is 0 Å². The summed E-state index contributed by atoms with van der Waals surface area (Å²) >= 11 is 0. The van der Waals surface area contributed by atoms with Gasteiger partial charge in [-0.05, 0) is 12.8 Å². The standard InChI is InChI=1S/C9H16O2/c1-2-4-9(3-1)7-10-5-6-11-8-9/h1-8H2. The number of hydrogen-bond donors (Lipinski definition) is 0. The van der Waals surface area contributed by atoms with Crippen molar-refractivity contribution in [2.45, 2.75) is 25.7 Å². The molecule has 0 atom stereocenters. The summed E-state index contributed by atoms with van der Waals surface area (Å²) in [6.07, 6.45) is 5.36. The fraction of sp³-hybridized carbons (Fsp3) is 1.00. The molecule has 2 rings (SSSR count). The highest BCUT2D eigenvalue weighted by molar-refractivity contribution is 4.85. The topological polar surface area (TPSA) is 18.5 Å². The molecule has 2 heteroatoms. The van der Waals surface area contributed by atoms with Gasteiger partial charge in [-0.1, -0.05) is 12.8 Å². The molecule has 0 bridgehead atoms. The first kappa shape index (κ1) is 7.56. The minimum atomic E-state index is 0.413. The third-order valence-corrected chi connectivity index (χ3v) is 2.85. The van der Waals surface area contributed by atoms with Crippen LogP contribution in [-0.4, -0.2) is 26.4 Å². The Labute approximate surface area is 67.9 Å². The van der Waals surface area contributed by atoms with Crippen LogP contribution in [0.2, 0.25) is 0 Å². The van der Waals surface area contributed by atoms with E-state index in [1.165, 1.54) is 25.7 Å². The molecule has 2 nitrogen and oxygen atoms in total. The summed E-state index contributed by atoms with van der Waals surface area (Å²) in [4.78, 5) is 0. The van der Waals surface area contributed by atoms with Gasteiger partial charge in [0.15, 0.2) is 0 Å². The van der Waals surface area contributed by atoms with Crippen LogP contribution in [0.1, 0.15) is 25.7 Å². The number of ether oxygens (including phenoxy) is 2. The minimum absolute atomic E-state index is 0.413. The van der Waals surface area contributed by atoms with Crippen molar-refractivity contribution in [3.63, 3.8) is 0 Å². The monoisotopic (exact) mass is 156 g/mol. The molecule has 0 amide bonds. The van der Waals surface area contributed by atoms with Crippen LogP contribution in [0.25, 0.3) is 0 Å². The van der Waals surface area contributed by atoms with Gasteiger partial charge in [-0.3, -0.25) is 0 Å². The molecule has 0 N–H and O–H groups in total. The Morgan fingerprint density at radius 3 is 1.91 bits per heavy atom. The van der Waals surface area contributed by atoms with E-state index >= 15 is 0 Å². The van der Waals surface area contributed by atoms with Gasteiger partial charge in [0, 0.05) is 5.41 Å². The molecule has 0 aromatic rings. The Morgan fingerprint density at radius 2 is 1.36 bits per heavy atom. The van der Waals surface area contributed by atoms with Crippen molar-refractivity contribution in [2.24, 2.45) is 5.41 Å². The van der Waals surface area contributed by atoms with Crippen LogP contribution in [0.4, 0.5) is 0 Å². The van der Waals surface area contributed by atoms with Crippen LogP contribution in [0.3, 0.4) is 0 Å². The van der Waals surface area contributed by atoms with Gasteiger partial charge >= 0.3 is 0 Å². The lowest BCUT2D eigenvalue weighted by Gasteiger charge is -2.24. The first-order valence-electron chi connectivity index (χ1n) is 4.57. The fourth-order valence-corrected chi connectivity index (χ4v) is 2.15. The second-order valence-corrected chi connectivity index (χ2v) is 3.81. The summed E-state index contributed by atoms with van der Waals surface area (Å²) in [6.45, 7) is 3.46. The molecule has 11 heavy (non-hydrogen) atoms. The first-order chi connectivity index (χ1) is 5.41. The van der Waals surface area contributed by atoms with Gasteiger partial charge in [0.2, 0.25) is 0 Å². The molecule has 1 aliphatic carbocycles. The lowest BCUT2D eigenvalue weighted by molar-refractivity contribution is 0.0567. The SMILES string of the molecule is C1CCC2(C1)COCCOC2. The van der Waals surface area contributed by atoms with Crippen molar-refractivity contribution in [1.82, 2.24) is 0 Å². The van der Waals surface area contributed by atoms with E-state index in [0.717, 1.165) is 26.4 Å². The predicted molar refractivity (Wildman–Crippen MR) is 42.5 cm³/mol. The van der Waals surface area contributed by atoms with E-state index in [4.69, 9.17) is 9.47 Å². The average molecular weight is 156 g/mol. The van der Waals surface area contributed by atoms with Crippen molar-refractivity contribution >= 4 is 0 Å². The Hall–Kier alpha value is -0.0800. The molecule has 1 saturated heterocycles. The van der Waals surface area contributed by atoms with Gasteiger partial charge in [-0.15, -0.1) is 0 Å². The molecule has 0 aromatic carbocycles. The molecule has 0 unspecified atom stereocenters. The zero-order chi connectivity index (χ0) is 7.57. The quantitative estimate of drug-likeness (QED) is 0.530. The smallest absolute Gasteiger partial charge is 0.0700 e. The van der Waals surface area contributed by atoms with Crippen molar-refractivity contribution < 1.29 is 9.47 Å². The van der Waals surface area contributed by atoms with Crippen molar-refractivity contribution in [3.8, 4) is 0 Å². The van der Waals surface area contributed by atoms with Crippen LogP contribution >= 0.6 is 0 Å². The molecule has 0 radical (unpaired) electrons. The number of hydrogen-bond acceptors (Lipinski definition) is 2. The van der Waals surface area contributed by atoms with Crippen molar-refractivity contribution in [1.29, 1.82) is 0 Å². The van der Waals surface area contributed by atoms with E-state index in [-0.39, 0.29) is 0 Å². The maximum Gasteiger partial charge on any atom is 0.0700 e. The maximum atomic E-state index is 5.51. The van der Waals surface area contributed by atoms with Crippen LogP contribution in [0, 0.1) is 5.41 Å².